The molecule has 2 fully saturated rings. The Morgan fingerprint density at radius 1 is 1.45 bits per heavy atom. The Hall–Kier alpha value is -0.870. The van der Waals surface area contributed by atoms with Gasteiger partial charge in [-0.1, -0.05) is 26.2 Å². The third kappa shape index (κ3) is 2.77. The van der Waals surface area contributed by atoms with Crippen LogP contribution in [0.25, 0.3) is 0 Å². The summed E-state index contributed by atoms with van der Waals surface area (Å²) in [7, 11) is 0. The van der Waals surface area contributed by atoms with E-state index < -0.39 is 0 Å². The number of unbranched alkanes of at least 4 members (excludes halogenated alkanes) is 1. The second-order valence-electron chi connectivity index (χ2n) is 6.11. The Bertz CT molecular complexity index is 441. The molecule has 1 aromatic rings. The molecule has 3 nitrogen and oxygen atoms in total. The second kappa shape index (κ2) is 6.27. The van der Waals surface area contributed by atoms with Gasteiger partial charge in [0.05, 0.1) is 6.04 Å². The van der Waals surface area contributed by atoms with Crippen LogP contribution < -0.4 is 5.32 Å². The van der Waals surface area contributed by atoms with Crippen LogP contribution in [0.5, 0.6) is 0 Å². The van der Waals surface area contributed by atoms with Gasteiger partial charge in [0.25, 0.3) is 0 Å². The largest absolute Gasteiger partial charge is 0.321 e. The Morgan fingerprint density at radius 3 is 2.90 bits per heavy atom. The molecule has 2 aliphatic rings. The molecule has 3 rings (SSSR count). The molecule has 110 valence electrons. The van der Waals surface area contributed by atoms with Gasteiger partial charge in [0.15, 0.2) is 0 Å². The van der Waals surface area contributed by atoms with Crippen LogP contribution in [0.3, 0.4) is 0 Å². The lowest BCUT2D eigenvalue weighted by Gasteiger charge is -2.33. The van der Waals surface area contributed by atoms with Crippen molar-refractivity contribution in [1.29, 1.82) is 0 Å². The van der Waals surface area contributed by atoms with E-state index in [1.54, 1.807) is 11.3 Å². The minimum absolute atomic E-state index is 0.0277. The number of thiophene rings is 1. The Balaban J connectivity index is 1.72. The third-order valence-corrected chi connectivity index (χ3v) is 5.34. The number of carbonyl (C=O) groups is 1. The fraction of sp³-hybridized carbons (Fsp3) is 0.688. The van der Waals surface area contributed by atoms with Crippen molar-refractivity contribution in [2.75, 3.05) is 6.54 Å². The first kappa shape index (κ1) is 14.1. The zero-order valence-corrected chi connectivity index (χ0v) is 13.0. The fourth-order valence-electron chi connectivity index (χ4n) is 3.15. The van der Waals surface area contributed by atoms with E-state index in [0.717, 1.165) is 31.7 Å². The summed E-state index contributed by atoms with van der Waals surface area (Å²) in [6.07, 6.45) is 7.27. The van der Waals surface area contributed by atoms with Crippen LogP contribution in [0.15, 0.2) is 16.8 Å². The summed E-state index contributed by atoms with van der Waals surface area (Å²) in [6, 6.07) is 2.17. The normalized spacial score (nSPS) is 27.1. The predicted molar refractivity (Wildman–Crippen MR) is 82.6 cm³/mol. The van der Waals surface area contributed by atoms with E-state index in [0.29, 0.717) is 5.91 Å². The highest BCUT2D eigenvalue weighted by Gasteiger charge is 2.40. The Kier molecular flexibility index (Phi) is 4.41. The first-order valence-electron chi connectivity index (χ1n) is 7.88. The topological polar surface area (TPSA) is 32.3 Å². The van der Waals surface area contributed by atoms with E-state index in [4.69, 9.17) is 0 Å². The maximum atomic E-state index is 12.7. The molecule has 1 saturated heterocycles. The van der Waals surface area contributed by atoms with E-state index in [-0.39, 0.29) is 12.2 Å². The monoisotopic (exact) mass is 292 g/mol. The highest BCUT2D eigenvalue weighted by atomic mass is 32.1. The first-order valence-corrected chi connectivity index (χ1v) is 8.82. The van der Waals surface area contributed by atoms with Crippen LogP contribution in [-0.2, 0) is 4.79 Å². The summed E-state index contributed by atoms with van der Waals surface area (Å²) >= 11 is 1.71. The molecule has 1 aliphatic carbocycles. The molecule has 2 heterocycles. The lowest BCUT2D eigenvalue weighted by Crippen LogP contribution is -2.37. The standard InChI is InChI=1S/C16H24N2OS/c1-2-3-7-14-16(19)18(10-12-5-4-6-12)15(17-14)13-8-9-20-11-13/h8-9,11-12,14-15,17H,2-7,10H2,1H3. The Morgan fingerprint density at radius 2 is 2.30 bits per heavy atom. The van der Waals surface area contributed by atoms with Gasteiger partial charge in [0, 0.05) is 6.54 Å². The predicted octanol–water partition coefficient (Wildman–Crippen LogP) is 3.54. The van der Waals surface area contributed by atoms with E-state index >= 15 is 0 Å². The fourth-order valence-corrected chi connectivity index (χ4v) is 3.83. The number of hydrogen-bond acceptors (Lipinski definition) is 3. The zero-order valence-electron chi connectivity index (χ0n) is 12.2. The van der Waals surface area contributed by atoms with Crippen molar-refractivity contribution in [1.82, 2.24) is 10.2 Å². The van der Waals surface area contributed by atoms with E-state index in [1.165, 1.54) is 24.8 Å². The van der Waals surface area contributed by atoms with E-state index in [2.05, 4.69) is 34.0 Å². The summed E-state index contributed by atoms with van der Waals surface area (Å²) in [5.41, 5.74) is 1.25. The third-order valence-electron chi connectivity index (χ3n) is 4.64. The average molecular weight is 292 g/mol. The van der Waals surface area contributed by atoms with Crippen molar-refractivity contribution < 1.29 is 4.79 Å². The molecule has 4 heteroatoms. The number of carbonyl (C=O) groups excluding carboxylic acids is 1. The number of amides is 1. The number of nitrogens with one attached hydrogen (secondary N) is 1. The molecule has 1 aromatic heterocycles. The lowest BCUT2D eigenvalue weighted by molar-refractivity contribution is -0.131. The van der Waals surface area contributed by atoms with Crippen LogP contribution in [0.4, 0.5) is 0 Å². The van der Waals surface area contributed by atoms with Crippen LogP contribution >= 0.6 is 11.3 Å². The maximum Gasteiger partial charge on any atom is 0.241 e. The average Bonchev–Trinajstić information content (AvgIpc) is 3.01. The lowest BCUT2D eigenvalue weighted by atomic mass is 9.85. The Labute approximate surface area is 125 Å². The molecule has 0 radical (unpaired) electrons. The van der Waals surface area contributed by atoms with Crippen LogP contribution in [0.2, 0.25) is 0 Å². The van der Waals surface area contributed by atoms with Crippen molar-refractivity contribution >= 4 is 17.2 Å². The molecule has 0 bridgehead atoms. The minimum atomic E-state index is 0.0277. The highest BCUT2D eigenvalue weighted by Crippen LogP contribution is 2.34. The number of nitrogens with zero attached hydrogens (tertiary/aromatic N) is 1. The molecular weight excluding hydrogens is 268 g/mol. The van der Waals surface area contributed by atoms with Crippen molar-refractivity contribution in [3.05, 3.63) is 22.4 Å². The van der Waals surface area contributed by atoms with Gasteiger partial charge in [0.2, 0.25) is 5.91 Å². The number of rotatable bonds is 6. The van der Waals surface area contributed by atoms with Crippen LogP contribution in [-0.4, -0.2) is 23.4 Å². The highest BCUT2D eigenvalue weighted by molar-refractivity contribution is 7.07. The SMILES string of the molecule is CCCCC1NC(c2ccsc2)N(CC2CCC2)C1=O. The van der Waals surface area contributed by atoms with Gasteiger partial charge in [-0.3, -0.25) is 10.1 Å². The van der Waals surface area contributed by atoms with Crippen molar-refractivity contribution in [3.63, 3.8) is 0 Å². The van der Waals surface area contributed by atoms with Gasteiger partial charge in [-0.05, 0) is 47.6 Å². The van der Waals surface area contributed by atoms with Crippen LogP contribution in [0, 0.1) is 5.92 Å². The van der Waals surface area contributed by atoms with E-state index in [9.17, 15) is 4.79 Å². The molecular formula is C16H24N2OS. The van der Waals surface area contributed by atoms with Crippen molar-refractivity contribution in [3.8, 4) is 0 Å². The molecule has 1 amide bonds. The summed E-state index contributed by atoms with van der Waals surface area (Å²) in [5, 5.41) is 7.83. The zero-order chi connectivity index (χ0) is 13.9. The van der Waals surface area contributed by atoms with Gasteiger partial charge in [0.1, 0.15) is 6.17 Å². The van der Waals surface area contributed by atoms with Gasteiger partial charge in [-0.2, -0.15) is 11.3 Å². The molecule has 20 heavy (non-hydrogen) atoms. The molecule has 1 aliphatic heterocycles. The van der Waals surface area contributed by atoms with Gasteiger partial charge >= 0.3 is 0 Å². The number of hydrogen-bond donors (Lipinski definition) is 1. The van der Waals surface area contributed by atoms with Gasteiger partial charge in [-0.25, -0.2) is 0 Å². The summed E-state index contributed by atoms with van der Waals surface area (Å²) in [4.78, 5) is 14.8. The molecule has 2 atom stereocenters. The summed E-state index contributed by atoms with van der Waals surface area (Å²) < 4.78 is 0. The molecule has 0 aromatic carbocycles. The molecule has 2 unspecified atom stereocenters. The molecule has 1 saturated carbocycles. The first-order chi connectivity index (χ1) is 9.79. The molecule has 1 N–H and O–H groups in total. The molecule has 0 spiro atoms. The second-order valence-corrected chi connectivity index (χ2v) is 6.89. The van der Waals surface area contributed by atoms with Crippen LogP contribution in [0.1, 0.15) is 57.2 Å². The quantitative estimate of drug-likeness (QED) is 0.870. The maximum absolute atomic E-state index is 12.7. The summed E-state index contributed by atoms with van der Waals surface area (Å²) in [5.74, 6) is 1.05. The smallest absolute Gasteiger partial charge is 0.241 e. The van der Waals surface area contributed by atoms with Gasteiger partial charge < -0.3 is 4.90 Å². The minimum Gasteiger partial charge on any atom is -0.321 e. The van der Waals surface area contributed by atoms with Crippen molar-refractivity contribution in [2.45, 2.75) is 57.7 Å². The van der Waals surface area contributed by atoms with E-state index in [1.807, 2.05) is 0 Å². The summed E-state index contributed by atoms with van der Waals surface area (Å²) in [6.45, 7) is 3.12. The van der Waals surface area contributed by atoms with Crippen molar-refractivity contribution in [2.24, 2.45) is 5.92 Å². The van der Waals surface area contributed by atoms with Gasteiger partial charge in [-0.15, -0.1) is 0 Å².